The van der Waals surface area contributed by atoms with Gasteiger partial charge in [0.05, 0.1) is 13.0 Å². The van der Waals surface area contributed by atoms with Gasteiger partial charge < -0.3 is 10.4 Å². The van der Waals surface area contributed by atoms with Crippen LogP contribution in [0.25, 0.3) is 0 Å². The monoisotopic (exact) mass is 303 g/mol. The van der Waals surface area contributed by atoms with Crippen LogP contribution >= 0.6 is 11.3 Å². The number of aryl methyl sites for hydroxylation is 1. The van der Waals surface area contributed by atoms with Gasteiger partial charge in [-0.05, 0) is 29.7 Å². The Morgan fingerprint density at radius 1 is 1.19 bits per heavy atom. The quantitative estimate of drug-likeness (QED) is 0.862. The van der Waals surface area contributed by atoms with E-state index in [0.29, 0.717) is 13.0 Å². The third-order valence-corrected chi connectivity index (χ3v) is 4.17. The summed E-state index contributed by atoms with van der Waals surface area (Å²) in [4.78, 5) is 23.8. The van der Waals surface area contributed by atoms with Gasteiger partial charge in [-0.2, -0.15) is 0 Å². The van der Waals surface area contributed by atoms with E-state index in [1.165, 1.54) is 16.9 Å². The lowest BCUT2D eigenvalue weighted by molar-refractivity contribution is -0.120. The fraction of sp³-hybridized carbons (Fsp3) is 0.250. The normalized spacial score (nSPS) is 10.3. The lowest BCUT2D eigenvalue weighted by Gasteiger charge is -2.05. The molecule has 0 aliphatic rings. The van der Waals surface area contributed by atoms with E-state index in [4.69, 9.17) is 5.11 Å². The maximum Gasteiger partial charge on any atom is 0.345 e. The Morgan fingerprint density at radius 2 is 1.95 bits per heavy atom. The minimum Gasteiger partial charge on any atom is -0.477 e. The molecule has 0 saturated carbocycles. The molecule has 1 aromatic heterocycles. The highest BCUT2D eigenvalue weighted by Gasteiger charge is 2.08. The van der Waals surface area contributed by atoms with Crippen LogP contribution in [-0.2, 0) is 24.2 Å². The molecule has 0 fully saturated rings. The number of carboxylic acids is 1. The van der Waals surface area contributed by atoms with Crippen LogP contribution in [0.2, 0.25) is 0 Å². The highest BCUT2D eigenvalue weighted by Crippen LogP contribution is 2.16. The first-order valence-electron chi connectivity index (χ1n) is 6.75. The van der Waals surface area contributed by atoms with Crippen LogP contribution in [0, 0.1) is 0 Å². The number of thiophene rings is 1. The number of rotatable bonds is 6. The van der Waals surface area contributed by atoms with Crippen molar-refractivity contribution in [3.8, 4) is 0 Å². The first kappa shape index (κ1) is 15.3. The number of amides is 1. The van der Waals surface area contributed by atoms with Crippen LogP contribution in [-0.4, -0.2) is 17.0 Å². The molecule has 110 valence electrons. The topological polar surface area (TPSA) is 66.4 Å². The second-order valence-electron chi connectivity index (χ2n) is 4.70. The SMILES string of the molecule is CCc1cccc(CC(=O)NCc2ccc(C(=O)O)s2)c1. The smallest absolute Gasteiger partial charge is 0.345 e. The second kappa shape index (κ2) is 7.04. The average Bonchev–Trinajstić information content (AvgIpc) is 2.94. The summed E-state index contributed by atoms with van der Waals surface area (Å²) in [5.41, 5.74) is 2.20. The third-order valence-electron chi connectivity index (χ3n) is 3.10. The number of hydrogen-bond donors (Lipinski definition) is 2. The Morgan fingerprint density at radius 3 is 2.62 bits per heavy atom. The molecule has 0 spiro atoms. The molecular formula is C16H17NO3S. The van der Waals surface area contributed by atoms with Gasteiger partial charge in [0.1, 0.15) is 4.88 Å². The summed E-state index contributed by atoms with van der Waals surface area (Å²) >= 11 is 1.18. The van der Waals surface area contributed by atoms with Gasteiger partial charge in [0.15, 0.2) is 0 Å². The second-order valence-corrected chi connectivity index (χ2v) is 5.87. The van der Waals surface area contributed by atoms with Crippen LogP contribution in [0.4, 0.5) is 0 Å². The van der Waals surface area contributed by atoms with Crippen molar-refractivity contribution in [1.29, 1.82) is 0 Å². The standard InChI is InChI=1S/C16H17NO3S/c1-2-11-4-3-5-12(8-11)9-15(18)17-10-13-6-7-14(21-13)16(19)20/h3-8H,2,9-10H2,1H3,(H,17,18)(H,19,20). The third kappa shape index (κ3) is 4.43. The lowest BCUT2D eigenvalue weighted by atomic mass is 10.1. The minimum absolute atomic E-state index is 0.0615. The van der Waals surface area contributed by atoms with Crippen molar-refractivity contribution in [1.82, 2.24) is 5.32 Å². The molecule has 1 heterocycles. The fourth-order valence-corrected chi connectivity index (χ4v) is 2.77. The predicted molar refractivity (Wildman–Crippen MR) is 82.6 cm³/mol. The average molecular weight is 303 g/mol. The summed E-state index contributed by atoms with van der Waals surface area (Å²) in [6.45, 7) is 2.44. The van der Waals surface area contributed by atoms with E-state index in [2.05, 4.69) is 12.2 Å². The summed E-state index contributed by atoms with van der Waals surface area (Å²) in [6, 6.07) is 11.3. The summed E-state index contributed by atoms with van der Waals surface area (Å²) in [7, 11) is 0. The van der Waals surface area contributed by atoms with E-state index in [0.717, 1.165) is 16.9 Å². The van der Waals surface area contributed by atoms with Gasteiger partial charge >= 0.3 is 5.97 Å². The summed E-state index contributed by atoms with van der Waals surface area (Å²) in [5, 5.41) is 11.7. The van der Waals surface area contributed by atoms with Gasteiger partial charge in [0, 0.05) is 4.88 Å². The number of aromatic carboxylic acids is 1. The number of benzene rings is 1. The molecule has 21 heavy (non-hydrogen) atoms. The molecule has 0 atom stereocenters. The Balaban J connectivity index is 1.87. The number of nitrogens with one attached hydrogen (secondary N) is 1. The first-order valence-corrected chi connectivity index (χ1v) is 7.56. The number of carbonyl (C=O) groups is 2. The Labute approximate surface area is 127 Å². The van der Waals surface area contributed by atoms with Crippen molar-refractivity contribution in [2.24, 2.45) is 0 Å². The number of carboxylic acid groups (broad SMARTS) is 1. The molecule has 5 heteroatoms. The van der Waals surface area contributed by atoms with E-state index >= 15 is 0 Å². The van der Waals surface area contributed by atoms with Gasteiger partial charge in [0.2, 0.25) is 5.91 Å². The minimum atomic E-state index is -0.936. The lowest BCUT2D eigenvalue weighted by Crippen LogP contribution is -2.24. The van der Waals surface area contributed by atoms with E-state index < -0.39 is 5.97 Å². The highest BCUT2D eigenvalue weighted by molar-refractivity contribution is 7.13. The van der Waals surface area contributed by atoms with Crippen LogP contribution in [0.1, 0.15) is 32.6 Å². The molecule has 1 aromatic carbocycles. The highest BCUT2D eigenvalue weighted by atomic mass is 32.1. The van der Waals surface area contributed by atoms with Crippen molar-refractivity contribution < 1.29 is 14.7 Å². The number of hydrogen-bond acceptors (Lipinski definition) is 3. The maximum absolute atomic E-state index is 11.9. The largest absolute Gasteiger partial charge is 0.477 e. The Hall–Kier alpha value is -2.14. The van der Waals surface area contributed by atoms with Crippen molar-refractivity contribution in [2.75, 3.05) is 0 Å². The van der Waals surface area contributed by atoms with E-state index in [-0.39, 0.29) is 10.8 Å². The van der Waals surface area contributed by atoms with Crippen molar-refractivity contribution in [3.63, 3.8) is 0 Å². The molecule has 0 unspecified atom stereocenters. The molecule has 0 aliphatic carbocycles. The fourth-order valence-electron chi connectivity index (χ4n) is 1.98. The van der Waals surface area contributed by atoms with Gasteiger partial charge in [-0.25, -0.2) is 4.79 Å². The maximum atomic E-state index is 11.9. The zero-order valence-electron chi connectivity index (χ0n) is 11.8. The molecular weight excluding hydrogens is 286 g/mol. The number of carbonyl (C=O) groups excluding carboxylic acids is 1. The predicted octanol–water partition coefficient (Wildman–Crippen LogP) is 2.87. The van der Waals surface area contributed by atoms with Crippen molar-refractivity contribution >= 4 is 23.2 Å². The summed E-state index contributed by atoms with van der Waals surface area (Å²) in [6.07, 6.45) is 1.29. The molecule has 2 N–H and O–H groups in total. The van der Waals surface area contributed by atoms with Gasteiger partial charge in [-0.15, -0.1) is 11.3 Å². The van der Waals surface area contributed by atoms with Crippen molar-refractivity contribution in [3.05, 3.63) is 57.3 Å². The van der Waals surface area contributed by atoms with Crippen molar-refractivity contribution in [2.45, 2.75) is 26.3 Å². The van der Waals surface area contributed by atoms with Crippen LogP contribution in [0.15, 0.2) is 36.4 Å². The first-order chi connectivity index (χ1) is 10.1. The Bertz CT molecular complexity index is 648. The van der Waals surface area contributed by atoms with E-state index in [9.17, 15) is 9.59 Å². The molecule has 2 aromatic rings. The molecule has 0 radical (unpaired) electrons. The molecule has 2 rings (SSSR count). The van der Waals surface area contributed by atoms with Gasteiger partial charge in [-0.3, -0.25) is 4.79 Å². The van der Waals surface area contributed by atoms with E-state index in [1.54, 1.807) is 12.1 Å². The Kier molecular flexibility index (Phi) is 5.11. The molecule has 1 amide bonds. The molecule has 0 aliphatic heterocycles. The molecule has 4 nitrogen and oxygen atoms in total. The zero-order valence-corrected chi connectivity index (χ0v) is 12.6. The zero-order chi connectivity index (χ0) is 15.2. The van der Waals surface area contributed by atoms with Gasteiger partial charge in [0.25, 0.3) is 0 Å². The van der Waals surface area contributed by atoms with E-state index in [1.807, 2.05) is 24.3 Å². The molecule has 0 saturated heterocycles. The summed E-state index contributed by atoms with van der Waals surface area (Å²) in [5.74, 6) is -0.998. The summed E-state index contributed by atoms with van der Waals surface area (Å²) < 4.78 is 0. The van der Waals surface area contributed by atoms with Crippen LogP contribution < -0.4 is 5.32 Å². The van der Waals surface area contributed by atoms with Crippen LogP contribution in [0.3, 0.4) is 0 Å². The van der Waals surface area contributed by atoms with Gasteiger partial charge in [-0.1, -0.05) is 31.2 Å². The molecule has 0 bridgehead atoms. The van der Waals surface area contributed by atoms with Crippen LogP contribution in [0.5, 0.6) is 0 Å².